The van der Waals surface area contributed by atoms with Crippen LogP contribution in [0.5, 0.6) is 0 Å². The number of hydrogen-bond donors (Lipinski definition) is 4. The van der Waals surface area contributed by atoms with Crippen LogP contribution in [0.4, 0.5) is 0 Å². The summed E-state index contributed by atoms with van der Waals surface area (Å²) in [5.74, 6) is -0.766. The van der Waals surface area contributed by atoms with Crippen molar-refractivity contribution in [2.45, 2.75) is 37.6 Å². The topological polar surface area (TPSA) is 108 Å². The van der Waals surface area contributed by atoms with E-state index in [2.05, 4.69) is 10.6 Å². The summed E-state index contributed by atoms with van der Waals surface area (Å²) in [5.41, 5.74) is 1.17. The SMILES string of the molecule is O=C(O)c1ccc(CNC2COC(CNC(=O)C3CC3)C2O)cc1. The summed E-state index contributed by atoms with van der Waals surface area (Å²) in [6.07, 6.45) is 0.803. The van der Waals surface area contributed by atoms with E-state index in [0.717, 1.165) is 18.4 Å². The van der Waals surface area contributed by atoms with E-state index in [0.29, 0.717) is 19.7 Å². The molecule has 1 saturated heterocycles. The minimum Gasteiger partial charge on any atom is -0.478 e. The lowest BCUT2D eigenvalue weighted by atomic mass is 10.1. The lowest BCUT2D eigenvalue weighted by molar-refractivity contribution is -0.123. The van der Waals surface area contributed by atoms with Gasteiger partial charge < -0.3 is 25.6 Å². The lowest BCUT2D eigenvalue weighted by Gasteiger charge is -2.19. The molecular formula is C17H22N2O5. The zero-order valence-corrected chi connectivity index (χ0v) is 13.3. The van der Waals surface area contributed by atoms with Crippen molar-refractivity contribution in [3.63, 3.8) is 0 Å². The maximum Gasteiger partial charge on any atom is 0.335 e. The number of carbonyl (C=O) groups excluding carboxylic acids is 1. The van der Waals surface area contributed by atoms with Crippen LogP contribution >= 0.6 is 0 Å². The van der Waals surface area contributed by atoms with E-state index in [9.17, 15) is 14.7 Å². The van der Waals surface area contributed by atoms with Crippen molar-refractivity contribution >= 4 is 11.9 Å². The van der Waals surface area contributed by atoms with Crippen LogP contribution < -0.4 is 10.6 Å². The summed E-state index contributed by atoms with van der Waals surface area (Å²) < 4.78 is 5.56. The molecule has 3 rings (SSSR count). The van der Waals surface area contributed by atoms with E-state index in [1.165, 1.54) is 0 Å². The summed E-state index contributed by atoms with van der Waals surface area (Å²) >= 11 is 0. The number of aliphatic hydroxyl groups is 1. The Morgan fingerprint density at radius 3 is 2.54 bits per heavy atom. The minimum atomic E-state index is -0.954. The van der Waals surface area contributed by atoms with Crippen molar-refractivity contribution in [1.29, 1.82) is 0 Å². The first kappa shape index (κ1) is 16.9. The normalized spacial score (nSPS) is 26.3. The molecular weight excluding hydrogens is 312 g/mol. The second-order valence-electron chi connectivity index (χ2n) is 6.37. The molecule has 2 aliphatic rings. The van der Waals surface area contributed by atoms with Gasteiger partial charge in [0.25, 0.3) is 0 Å². The summed E-state index contributed by atoms with van der Waals surface area (Å²) in [7, 11) is 0. The van der Waals surface area contributed by atoms with Gasteiger partial charge in [-0.1, -0.05) is 12.1 Å². The van der Waals surface area contributed by atoms with Crippen molar-refractivity contribution in [2.24, 2.45) is 5.92 Å². The number of aromatic carboxylic acids is 1. The van der Waals surface area contributed by atoms with Gasteiger partial charge in [0.05, 0.1) is 24.3 Å². The molecule has 3 unspecified atom stereocenters. The molecule has 7 heteroatoms. The highest BCUT2D eigenvalue weighted by Gasteiger charge is 2.37. The Morgan fingerprint density at radius 2 is 1.92 bits per heavy atom. The quantitative estimate of drug-likeness (QED) is 0.564. The summed E-state index contributed by atoms with van der Waals surface area (Å²) in [6, 6.07) is 6.37. The molecule has 1 aliphatic heterocycles. The molecule has 0 bridgehead atoms. The second kappa shape index (κ2) is 7.29. The molecule has 0 aromatic heterocycles. The van der Waals surface area contributed by atoms with E-state index >= 15 is 0 Å². The fourth-order valence-electron chi connectivity index (χ4n) is 2.75. The van der Waals surface area contributed by atoms with Crippen LogP contribution in [-0.4, -0.2) is 53.5 Å². The first-order chi connectivity index (χ1) is 11.5. The molecule has 1 aromatic rings. The molecule has 0 spiro atoms. The highest BCUT2D eigenvalue weighted by molar-refractivity contribution is 5.87. The molecule has 0 radical (unpaired) electrons. The molecule has 1 aromatic carbocycles. The van der Waals surface area contributed by atoms with E-state index in [1.807, 2.05) is 0 Å². The zero-order valence-electron chi connectivity index (χ0n) is 13.3. The maximum atomic E-state index is 11.6. The number of ether oxygens (including phenoxy) is 1. The number of carboxylic acid groups (broad SMARTS) is 1. The number of carbonyl (C=O) groups is 2. The Labute approximate surface area is 140 Å². The third kappa shape index (κ3) is 4.11. The summed E-state index contributed by atoms with van der Waals surface area (Å²) in [4.78, 5) is 22.4. The Balaban J connectivity index is 1.44. The van der Waals surface area contributed by atoms with Gasteiger partial charge >= 0.3 is 5.97 Å². The monoisotopic (exact) mass is 334 g/mol. The largest absolute Gasteiger partial charge is 0.478 e. The van der Waals surface area contributed by atoms with Gasteiger partial charge in [0.2, 0.25) is 5.91 Å². The van der Waals surface area contributed by atoms with Gasteiger partial charge in [0, 0.05) is 19.0 Å². The molecule has 7 nitrogen and oxygen atoms in total. The standard InChI is InChI=1S/C17H22N2O5/c20-15-13(9-24-14(15)8-19-16(21)11-5-6-11)18-7-10-1-3-12(4-2-10)17(22)23/h1-4,11,13-15,18,20H,5-9H2,(H,19,21)(H,22,23). The minimum absolute atomic E-state index is 0.0423. The smallest absolute Gasteiger partial charge is 0.335 e. The molecule has 3 atom stereocenters. The van der Waals surface area contributed by atoms with Crippen LogP contribution in [0, 0.1) is 5.92 Å². The molecule has 1 heterocycles. The van der Waals surface area contributed by atoms with Crippen molar-refractivity contribution in [2.75, 3.05) is 13.2 Å². The van der Waals surface area contributed by atoms with Gasteiger partial charge in [-0.25, -0.2) is 4.79 Å². The van der Waals surface area contributed by atoms with Crippen LogP contribution in [0.1, 0.15) is 28.8 Å². The van der Waals surface area contributed by atoms with Gasteiger partial charge in [-0.3, -0.25) is 4.79 Å². The van der Waals surface area contributed by atoms with Gasteiger partial charge in [0.15, 0.2) is 0 Å². The lowest BCUT2D eigenvalue weighted by Crippen LogP contribution is -2.44. The number of aliphatic hydroxyl groups excluding tert-OH is 1. The molecule has 2 fully saturated rings. The molecule has 1 saturated carbocycles. The van der Waals surface area contributed by atoms with Crippen molar-refractivity contribution in [1.82, 2.24) is 10.6 Å². The number of amides is 1. The van der Waals surface area contributed by atoms with E-state index in [1.54, 1.807) is 24.3 Å². The predicted octanol–water partition coefficient (Wildman–Crippen LogP) is 0.129. The molecule has 4 N–H and O–H groups in total. The van der Waals surface area contributed by atoms with E-state index < -0.39 is 18.2 Å². The van der Waals surface area contributed by atoms with Crippen LogP contribution in [0.15, 0.2) is 24.3 Å². The molecule has 130 valence electrons. The van der Waals surface area contributed by atoms with Crippen molar-refractivity contribution in [3.8, 4) is 0 Å². The molecule has 1 aliphatic carbocycles. The second-order valence-corrected chi connectivity index (χ2v) is 6.37. The van der Waals surface area contributed by atoms with Gasteiger partial charge in [0.1, 0.15) is 6.10 Å². The Kier molecular flexibility index (Phi) is 5.13. The number of rotatable bonds is 7. The molecule has 1 amide bonds. The fraction of sp³-hybridized carbons (Fsp3) is 0.529. The van der Waals surface area contributed by atoms with Crippen LogP contribution in [0.25, 0.3) is 0 Å². The van der Waals surface area contributed by atoms with E-state index in [-0.39, 0.29) is 23.4 Å². The first-order valence-electron chi connectivity index (χ1n) is 8.17. The average molecular weight is 334 g/mol. The van der Waals surface area contributed by atoms with Gasteiger partial charge in [-0.15, -0.1) is 0 Å². The van der Waals surface area contributed by atoms with Gasteiger partial charge in [-0.2, -0.15) is 0 Å². The summed E-state index contributed by atoms with van der Waals surface area (Å²) in [5, 5.41) is 25.2. The number of benzene rings is 1. The first-order valence-corrected chi connectivity index (χ1v) is 8.17. The van der Waals surface area contributed by atoms with Crippen LogP contribution in [0.2, 0.25) is 0 Å². The van der Waals surface area contributed by atoms with Crippen molar-refractivity contribution < 1.29 is 24.5 Å². The predicted molar refractivity (Wildman–Crippen MR) is 85.5 cm³/mol. The Bertz CT molecular complexity index is 600. The fourth-order valence-corrected chi connectivity index (χ4v) is 2.75. The summed E-state index contributed by atoms with van der Waals surface area (Å²) in [6.45, 7) is 1.20. The number of nitrogens with one attached hydrogen (secondary N) is 2. The van der Waals surface area contributed by atoms with Crippen molar-refractivity contribution in [3.05, 3.63) is 35.4 Å². The third-order valence-electron chi connectivity index (χ3n) is 4.48. The highest BCUT2D eigenvalue weighted by Crippen LogP contribution is 2.28. The Hall–Kier alpha value is -1.96. The van der Waals surface area contributed by atoms with Crippen LogP contribution in [-0.2, 0) is 16.1 Å². The molecule has 24 heavy (non-hydrogen) atoms. The van der Waals surface area contributed by atoms with E-state index in [4.69, 9.17) is 9.84 Å². The average Bonchev–Trinajstić information content (AvgIpc) is 3.37. The Morgan fingerprint density at radius 1 is 1.21 bits per heavy atom. The maximum absolute atomic E-state index is 11.6. The third-order valence-corrected chi connectivity index (χ3v) is 4.48. The zero-order chi connectivity index (χ0) is 17.1. The highest BCUT2D eigenvalue weighted by atomic mass is 16.5. The number of hydrogen-bond acceptors (Lipinski definition) is 5. The van der Waals surface area contributed by atoms with Gasteiger partial charge in [-0.05, 0) is 30.5 Å². The number of carboxylic acids is 1. The van der Waals surface area contributed by atoms with Crippen LogP contribution in [0.3, 0.4) is 0 Å².